The molecule has 2 aliphatic heterocycles. The van der Waals surface area contributed by atoms with Crippen molar-refractivity contribution < 1.29 is 51.8 Å². The van der Waals surface area contributed by atoms with Gasteiger partial charge in [-0.2, -0.15) is 8.42 Å². The van der Waals surface area contributed by atoms with Gasteiger partial charge in [-0.1, -0.05) is 0 Å². The van der Waals surface area contributed by atoms with Crippen LogP contribution in [0.25, 0.3) is 0 Å². The number of rotatable bonds is 6. The van der Waals surface area contributed by atoms with Gasteiger partial charge in [0.1, 0.15) is 35.8 Å². The highest BCUT2D eigenvalue weighted by atomic mass is 32.3. The van der Waals surface area contributed by atoms with Crippen LogP contribution in [0.5, 0.6) is 0 Å². The molecule has 2 unspecified atom stereocenters. The van der Waals surface area contributed by atoms with Crippen LogP contribution in [0.15, 0.2) is 11.8 Å². The molecule has 0 bridgehead atoms. The van der Waals surface area contributed by atoms with E-state index < -0.39 is 77.2 Å². The molecule has 11 atom stereocenters. The van der Waals surface area contributed by atoms with Crippen molar-refractivity contribution in [3.8, 4) is 0 Å². The monoisotopic (exact) mass is 545 g/mol. The van der Waals surface area contributed by atoms with Gasteiger partial charge in [-0.15, -0.1) is 0 Å². The maximum absolute atomic E-state index is 11.0. The first kappa shape index (κ1) is 31.2. The predicted octanol–water partition coefficient (Wildman–Crippen LogP) is -4.50. The summed E-state index contributed by atoms with van der Waals surface area (Å²) >= 11 is 0. The normalized spacial score (nSPS) is 43.6. The summed E-state index contributed by atoms with van der Waals surface area (Å²) in [7, 11) is -3.05. The van der Waals surface area contributed by atoms with Crippen LogP contribution < -0.4 is 28.3 Å². The van der Waals surface area contributed by atoms with Crippen molar-refractivity contribution in [1.82, 2.24) is 5.32 Å². The van der Waals surface area contributed by atoms with Gasteiger partial charge in [0.2, 0.25) is 6.29 Å². The summed E-state index contributed by atoms with van der Waals surface area (Å²) in [4.78, 5) is 0. The smallest absolute Gasteiger partial charge is 0.394 e. The Kier molecular flexibility index (Phi) is 11.0. The highest BCUT2D eigenvalue weighted by molar-refractivity contribution is 7.79. The van der Waals surface area contributed by atoms with Crippen molar-refractivity contribution in [2.24, 2.45) is 22.9 Å². The molecular weight excluding hydrogens is 506 g/mol. The predicted molar refractivity (Wildman–Crippen MR) is 124 cm³/mol. The minimum absolute atomic E-state index is 0.0727. The molecule has 2 fully saturated rings. The minimum atomic E-state index is -4.67. The summed E-state index contributed by atoms with van der Waals surface area (Å²) in [6, 6.07) is -2.37. The fraction of sp³-hybridized carbons (Fsp3) is 0.895. The van der Waals surface area contributed by atoms with E-state index in [1.807, 2.05) is 0 Å². The van der Waals surface area contributed by atoms with Gasteiger partial charge in [0.15, 0.2) is 6.29 Å². The van der Waals surface area contributed by atoms with Crippen molar-refractivity contribution in [1.29, 1.82) is 0 Å². The third-order valence-corrected chi connectivity index (χ3v) is 6.22. The summed E-state index contributed by atoms with van der Waals surface area (Å²) in [6.45, 7) is 1.68. The maximum atomic E-state index is 11.0. The summed E-state index contributed by atoms with van der Waals surface area (Å²) in [5.41, 5.74) is 22.9. The Balaban J connectivity index is 0.000000830. The number of aliphatic hydroxyl groups excluding tert-OH is 2. The second kappa shape index (κ2) is 12.7. The van der Waals surface area contributed by atoms with Gasteiger partial charge in [0.25, 0.3) is 0 Å². The molecule has 2 heterocycles. The largest absolute Gasteiger partial charge is 0.467 e. The summed E-state index contributed by atoms with van der Waals surface area (Å²) < 4.78 is 54.6. The number of ether oxygens (including phenoxy) is 4. The lowest BCUT2D eigenvalue weighted by Crippen LogP contribution is -2.68. The molecule has 0 radical (unpaired) electrons. The van der Waals surface area contributed by atoms with Crippen LogP contribution in [-0.2, 0) is 29.3 Å². The molecule has 3 aliphatic rings. The van der Waals surface area contributed by atoms with Crippen LogP contribution in [0.1, 0.15) is 19.8 Å². The number of hydrogen-bond acceptors (Lipinski definition) is 14. The van der Waals surface area contributed by atoms with Crippen LogP contribution in [0, 0.1) is 0 Å². The molecule has 14 N–H and O–H groups in total. The van der Waals surface area contributed by atoms with Crippen LogP contribution in [-0.4, -0.2) is 120 Å². The lowest BCUT2D eigenvalue weighted by molar-refractivity contribution is -0.303. The van der Waals surface area contributed by atoms with E-state index in [-0.39, 0.29) is 13.2 Å². The molecular formula is C19H39N5O11S. The average Bonchev–Trinajstić information content (AvgIpc) is 2.75. The van der Waals surface area contributed by atoms with E-state index in [9.17, 15) is 15.3 Å². The van der Waals surface area contributed by atoms with Crippen molar-refractivity contribution >= 4 is 10.4 Å². The molecule has 16 nitrogen and oxygen atoms in total. The molecule has 212 valence electrons. The van der Waals surface area contributed by atoms with E-state index >= 15 is 0 Å². The summed E-state index contributed by atoms with van der Waals surface area (Å²) in [5, 5.41) is 34.9. The quantitative estimate of drug-likeness (QED) is 0.141. The van der Waals surface area contributed by atoms with E-state index in [0.29, 0.717) is 18.6 Å². The second-order valence-electron chi connectivity index (χ2n) is 9.26. The van der Waals surface area contributed by atoms with Gasteiger partial charge in [0, 0.05) is 12.1 Å². The van der Waals surface area contributed by atoms with Gasteiger partial charge in [-0.05, 0) is 32.9 Å². The van der Waals surface area contributed by atoms with E-state index in [0.717, 1.165) is 0 Å². The summed E-state index contributed by atoms with van der Waals surface area (Å²) in [5.74, 6) is 0.555. The first-order valence-corrected chi connectivity index (χ1v) is 12.7. The van der Waals surface area contributed by atoms with E-state index in [4.69, 9.17) is 59.4 Å². The van der Waals surface area contributed by atoms with Crippen molar-refractivity contribution in [2.45, 2.75) is 86.5 Å². The zero-order chi connectivity index (χ0) is 27.4. The molecule has 0 aromatic rings. The topological polar surface area (TPSA) is 288 Å². The molecule has 17 heteroatoms. The lowest BCUT2D eigenvalue weighted by Gasteiger charge is -2.48. The Bertz CT molecular complexity index is 840. The Morgan fingerprint density at radius 3 is 2.11 bits per heavy atom. The highest BCUT2D eigenvalue weighted by Gasteiger charge is 2.50. The SMILES string of the molecule is CN[C@H]1[C@@H](O)[C@H](O[C@H]2[C@@H](O)[C@@H](OC3OC(CN)=CCC3N)[C@H](N)C[C@@H]2N)OC[C@@]1(C)O.O=S(=O)(O)O. The highest BCUT2D eigenvalue weighted by Crippen LogP contribution is 2.31. The molecule has 0 aromatic heterocycles. The van der Waals surface area contributed by atoms with Crippen molar-refractivity contribution in [3.05, 3.63) is 11.8 Å². The Hall–Kier alpha value is -1.03. The van der Waals surface area contributed by atoms with Gasteiger partial charge in [-0.3, -0.25) is 9.11 Å². The fourth-order valence-corrected chi connectivity index (χ4v) is 4.44. The number of nitrogens with one attached hydrogen (secondary N) is 1. The Morgan fingerprint density at radius 2 is 1.61 bits per heavy atom. The van der Waals surface area contributed by atoms with Gasteiger partial charge < -0.3 is 62.5 Å². The van der Waals surface area contributed by atoms with Gasteiger partial charge >= 0.3 is 10.4 Å². The molecule has 1 aliphatic carbocycles. The third kappa shape index (κ3) is 8.23. The summed E-state index contributed by atoms with van der Waals surface area (Å²) in [6.07, 6.45) is -3.56. The van der Waals surface area contributed by atoms with E-state index in [1.165, 1.54) is 0 Å². The molecule has 0 aromatic carbocycles. The Morgan fingerprint density at radius 1 is 1.08 bits per heavy atom. The molecule has 0 amide bonds. The van der Waals surface area contributed by atoms with Crippen LogP contribution in [0.2, 0.25) is 0 Å². The molecule has 3 rings (SSSR count). The van der Waals surface area contributed by atoms with E-state index in [2.05, 4.69) is 5.32 Å². The minimum Gasteiger partial charge on any atom is -0.467 e. The van der Waals surface area contributed by atoms with Crippen LogP contribution in [0.3, 0.4) is 0 Å². The van der Waals surface area contributed by atoms with Crippen LogP contribution >= 0.6 is 0 Å². The molecule has 1 saturated carbocycles. The van der Waals surface area contributed by atoms with Gasteiger partial charge in [-0.25, -0.2) is 0 Å². The Labute approximate surface area is 209 Å². The standard InChI is InChI=1S/C19H37N5O7.H2O4S/c1-19(27)7-28-18(13(26)16(19)24-2)31-15-11(23)5-10(22)14(12(15)25)30-17-9(21)4-3-8(6-20)29-17;1-5(2,3)4/h3,9-18,24-27H,4-7,20-23H2,1-2H3;(H2,1,2,3,4)/t9?,10-,11+,12+,13-,14+,15-,16+,17?,18+,19-;/m1./s1. The maximum Gasteiger partial charge on any atom is 0.394 e. The number of nitrogens with two attached hydrogens (primary N) is 4. The number of aliphatic hydroxyl groups is 3. The zero-order valence-electron chi connectivity index (χ0n) is 20.1. The van der Waals surface area contributed by atoms with Crippen LogP contribution in [0.4, 0.5) is 0 Å². The fourth-order valence-electron chi connectivity index (χ4n) is 4.44. The van der Waals surface area contributed by atoms with Crippen molar-refractivity contribution in [3.63, 3.8) is 0 Å². The number of hydrogen-bond donors (Lipinski definition) is 10. The lowest BCUT2D eigenvalue weighted by atomic mass is 9.84. The average molecular weight is 546 g/mol. The van der Waals surface area contributed by atoms with Crippen molar-refractivity contribution in [2.75, 3.05) is 20.2 Å². The molecule has 1 saturated heterocycles. The first-order chi connectivity index (χ1) is 16.6. The molecule has 0 spiro atoms. The first-order valence-electron chi connectivity index (χ1n) is 11.3. The molecule has 36 heavy (non-hydrogen) atoms. The second-order valence-corrected chi connectivity index (χ2v) is 10.2. The van der Waals surface area contributed by atoms with E-state index in [1.54, 1.807) is 20.0 Å². The third-order valence-electron chi connectivity index (χ3n) is 6.22. The zero-order valence-corrected chi connectivity index (χ0v) is 20.9. The number of likely N-dealkylation sites (N-methyl/N-ethyl adjacent to an activating group) is 1. The van der Waals surface area contributed by atoms with Gasteiger partial charge in [0.05, 0.1) is 25.2 Å².